The van der Waals surface area contributed by atoms with Crippen molar-refractivity contribution in [3.63, 3.8) is 0 Å². The van der Waals surface area contributed by atoms with Gasteiger partial charge in [-0.05, 0) is 60.5 Å². The van der Waals surface area contributed by atoms with Gasteiger partial charge >= 0.3 is 0 Å². The van der Waals surface area contributed by atoms with Crippen LogP contribution >= 0.6 is 11.6 Å². The molecule has 8 heteroatoms. The average molecular weight is 431 g/mol. The zero-order valence-electron chi connectivity index (χ0n) is 15.6. The summed E-state index contributed by atoms with van der Waals surface area (Å²) in [6.07, 6.45) is 4.44. The van der Waals surface area contributed by atoms with Crippen LogP contribution in [-0.4, -0.2) is 14.3 Å². The molecule has 3 rings (SSSR count). The molecule has 29 heavy (non-hydrogen) atoms. The molecule has 0 fully saturated rings. The van der Waals surface area contributed by atoms with Gasteiger partial charge in [0.1, 0.15) is 5.76 Å². The molecular weight excluding hydrogens is 412 g/mol. The van der Waals surface area contributed by atoms with Crippen molar-refractivity contribution < 1.29 is 17.6 Å². The van der Waals surface area contributed by atoms with Crippen LogP contribution in [-0.2, 0) is 21.4 Å². The van der Waals surface area contributed by atoms with Crippen LogP contribution in [0.1, 0.15) is 16.9 Å². The molecule has 0 saturated heterocycles. The van der Waals surface area contributed by atoms with Gasteiger partial charge in [0.25, 0.3) is 0 Å². The SMILES string of the molecule is Cc1ccc(NC(=O)/C=C/c2ccc(S(=O)(=O)NCc3ccco3)cc2)cc1Cl. The van der Waals surface area contributed by atoms with Gasteiger partial charge in [0.05, 0.1) is 17.7 Å². The molecule has 1 aromatic heterocycles. The zero-order chi connectivity index (χ0) is 20.9. The first-order valence-electron chi connectivity index (χ1n) is 8.71. The number of halogens is 1. The molecule has 2 N–H and O–H groups in total. The lowest BCUT2D eigenvalue weighted by Gasteiger charge is -2.06. The van der Waals surface area contributed by atoms with Gasteiger partial charge in [-0.2, -0.15) is 0 Å². The first kappa shape index (κ1) is 20.9. The maximum atomic E-state index is 12.3. The lowest BCUT2D eigenvalue weighted by atomic mass is 10.2. The number of carbonyl (C=O) groups excluding carboxylic acids is 1. The second kappa shape index (κ2) is 9.09. The van der Waals surface area contributed by atoms with Gasteiger partial charge in [-0.25, -0.2) is 13.1 Å². The second-order valence-corrected chi connectivity index (χ2v) is 8.43. The number of aryl methyl sites for hydroxylation is 1. The van der Waals surface area contributed by atoms with Crippen LogP contribution < -0.4 is 10.0 Å². The largest absolute Gasteiger partial charge is 0.468 e. The van der Waals surface area contributed by atoms with E-state index in [4.69, 9.17) is 16.0 Å². The van der Waals surface area contributed by atoms with E-state index < -0.39 is 10.0 Å². The van der Waals surface area contributed by atoms with Gasteiger partial charge in [0.2, 0.25) is 15.9 Å². The molecule has 6 nitrogen and oxygen atoms in total. The minimum Gasteiger partial charge on any atom is -0.468 e. The van der Waals surface area contributed by atoms with E-state index in [9.17, 15) is 13.2 Å². The Morgan fingerprint density at radius 2 is 1.90 bits per heavy atom. The van der Waals surface area contributed by atoms with Crippen molar-refractivity contribution in [2.75, 3.05) is 5.32 Å². The Morgan fingerprint density at radius 3 is 2.55 bits per heavy atom. The van der Waals surface area contributed by atoms with Crippen molar-refractivity contribution in [3.05, 3.63) is 88.8 Å². The summed E-state index contributed by atoms with van der Waals surface area (Å²) < 4.78 is 32.2. The summed E-state index contributed by atoms with van der Waals surface area (Å²) in [6, 6.07) is 14.8. The molecule has 1 heterocycles. The highest BCUT2D eigenvalue weighted by Crippen LogP contribution is 2.20. The van der Waals surface area contributed by atoms with Crippen molar-refractivity contribution in [1.82, 2.24) is 4.72 Å². The van der Waals surface area contributed by atoms with E-state index in [1.165, 1.54) is 24.5 Å². The molecule has 0 radical (unpaired) electrons. The Labute approximate surface area is 174 Å². The number of amides is 1. The molecule has 0 atom stereocenters. The molecular formula is C21H19ClN2O4S. The van der Waals surface area contributed by atoms with Crippen LogP contribution in [0, 0.1) is 6.92 Å². The summed E-state index contributed by atoms with van der Waals surface area (Å²) in [7, 11) is -3.66. The van der Waals surface area contributed by atoms with E-state index in [0.717, 1.165) is 5.56 Å². The highest BCUT2D eigenvalue weighted by molar-refractivity contribution is 7.89. The van der Waals surface area contributed by atoms with Gasteiger partial charge in [-0.15, -0.1) is 0 Å². The van der Waals surface area contributed by atoms with Crippen LogP contribution in [0.2, 0.25) is 5.02 Å². The fraction of sp³-hybridized carbons (Fsp3) is 0.0952. The number of anilines is 1. The third kappa shape index (κ3) is 5.80. The molecule has 0 aliphatic rings. The van der Waals surface area contributed by atoms with Crippen LogP contribution in [0.3, 0.4) is 0 Å². The molecule has 0 saturated carbocycles. The molecule has 0 spiro atoms. The lowest BCUT2D eigenvalue weighted by Crippen LogP contribution is -2.22. The number of hydrogen-bond acceptors (Lipinski definition) is 4. The first-order valence-corrected chi connectivity index (χ1v) is 10.6. The van der Waals surface area contributed by atoms with E-state index in [2.05, 4.69) is 10.0 Å². The fourth-order valence-corrected chi connectivity index (χ4v) is 3.62. The smallest absolute Gasteiger partial charge is 0.248 e. The van der Waals surface area contributed by atoms with E-state index in [-0.39, 0.29) is 17.3 Å². The second-order valence-electron chi connectivity index (χ2n) is 6.26. The number of rotatable bonds is 7. The van der Waals surface area contributed by atoms with E-state index in [1.807, 2.05) is 13.0 Å². The lowest BCUT2D eigenvalue weighted by molar-refractivity contribution is -0.111. The van der Waals surface area contributed by atoms with Gasteiger partial charge < -0.3 is 9.73 Å². The standard InChI is InChI=1S/C21H19ClN2O4S/c1-15-4-8-17(13-20(15)22)24-21(25)11-7-16-5-9-19(10-6-16)29(26,27)23-14-18-3-2-12-28-18/h2-13,23H,14H2,1H3,(H,24,25)/b11-7+. The normalized spacial score (nSPS) is 11.7. The quantitative estimate of drug-likeness (QED) is 0.544. The molecule has 1 amide bonds. The third-order valence-electron chi connectivity index (χ3n) is 4.07. The van der Waals surface area contributed by atoms with Crippen LogP contribution in [0.4, 0.5) is 5.69 Å². The average Bonchev–Trinajstić information content (AvgIpc) is 3.22. The molecule has 0 bridgehead atoms. The number of benzene rings is 2. The molecule has 0 aliphatic heterocycles. The van der Waals surface area contributed by atoms with Crippen molar-refractivity contribution in [3.8, 4) is 0 Å². The summed E-state index contributed by atoms with van der Waals surface area (Å²) in [4.78, 5) is 12.2. The highest BCUT2D eigenvalue weighted by atomic mass is 35.5. The van der Waals surface area contributed by atoms with Gasteiger partial charge in [-0.1, -0.05) is 29.8 Å². The highest BCUT2D eigenvalue weighted by Gasteiger charge is 2.14. The number of hydrogen-bond donors (Lipinski definition) is 2. The van der Waals surface area contributed by atoms with E-state index in [0.29, 0.717) is 22.0 Å². The Hall–Kier alpha value is -2.87. The predicted octanol–water partition coefficient (Wildman–Crippen LogP) is 4.37. The number of nitrogens with one attached hydrogen (secondary N) is 2. The molecule has 0 unspecified atom stereocenters. The molecule has 3 aromatic rings. The maximum absolute atomic E-state index is 12.3. The fourth-order valence-electron chi connectivity index (χ4n) is 2.45. The Bertz CT molecular complexity index is 1120. The first-order chi connectivity index (χ1) is 13.8. The summed E-state index contributed by atoms with van der Waals surface area (Å²) in [5.41, 5.74) is 2.21. The number of sulfonamides is 1. The monoisotopic (exact) mass is 430 g/mol. The van der Waals surface area contributed by atoms with E-state index in [1.54, 1.807) is 42.5 Å². The van der Waals surface area contributed by atoms with Crippen molar-refractivity contribution in [2.45, 2.75) is 18.4 Å². The molecule has 150 valence electrons. The Kier molecular flexibility index (Phi) is 6.53. The van der Waals surface area contributed by atoms with Crippen LogP contribution in [0.5, 0.6) is 0 Å². The zero-order valence-corrected chi connectivity index (χ0v) is 17.1. The number of furan rings is 1. The van der Waals surface area contributed by atoms with Crippen LogP contribution in [0.25, 0.3) is 6.08 Å². The summed E-state index contributed by atoms with van der Waals surface area (Å²) in [5.74, 6) is 0.204. The van der Waals surface area contributed by atoms with Crippen molar-refractivity contribution in [1.29, 1.82) is 0 Å². The topological polar surface area (TPSA) is 88.4 Å². The van der Waals surface area contributed by atoms with Gasteiger partial charge in [0, 0.05) is 16.8 Å². The summed E-state index contributed by atoms with van der Waals surface area (Å²) >= 11 is 6.04. The number of carbonyl (C=O) groups is 1. The van der Waals surface area contributed by atoms with Crippen LogP contribution in [0.15, 0.2) is 76.2 Å². The summed E-state index contributed by atoms with van der Waals surface area (Å²) in [6.45, 7) is 1.95. The maximum Gasteiger partial charge on any atom is 0.248 e. The van der Waals surface area contributed by atoms with Crippen molar-refractivity contribution in [2.24, 2.45) is 0 Å². The van der Waals surface area contributed by atoms with Crippen molar-refractivity contribution >= 4 is 39.3 Å². The molecule has 2 aromatic carbocycles. The predicted molar refractivity (Wildman–Crippen MR) is 113 cm³/mol. The minimum absolute atomic E-state index is 0.0696. The Morgan fingerprint density at radius 1 is 1.14 bits per heavy atom. The van der Waals surface area contributed by atoms with Gasteiger partial charge in [0.15, 0.2) is 0 Å². The molecule has 0 aliphatic carbocycles. The van der Waals surface area contributed by atoms with Gasteiger partial charge in [-0.3, -0.25) is 4.79 Å². The van der Waals surface area contributed by atoms with E-state index >= 15 is 0 Å². The summed E-state index contributed by atoms with van der Waals surface area (Å²) in [5, 5.41) is 3.29. The minimum atomic E-state index is -3.66. The Balaban J connectivity index is 1.60. The third-order valence-corrected chi connectivity index (χ3v) is 5.90.